The van der Waals surface area contributed by atoms with Crippen LogP contribution in [-0.2, 0) is 0 Å². The van der Waals surface area contributed by atoms with E-state index in [1.807, 2.05) is 0 Å². The highest BCUT2D eigenvalue weighted by molar-refractivity contribution is 6.42. The van der Waals surface area contributed by atoms with Crippen LogP contribution in [0.3, 0.4) is 0 Å². The second kappa shape index (κ2) is 7.64. The first kappa shape index (κ1) is 18.7. The largest absolute Gasteiger partial charge is 0.371 e. The summed E-state index contributed by atoms with van der Waals surface area (Å²) in [4.78, 5) is 25.9. The lowest BCUT2D eigenvalue weighted by Gasteiger charge is -2.33. The number of hydrogen-bond donors (Lipinski definition) is 0. The van der Waals surface area contributed by atoms with Gasteiger partial charge in [0, 0.05) is 36.5 Å². The molecule has 1 aliphatic heterocycles. The molecule has 26 heavy (non-hydrogen) atoms. The van der Waals surface area contributed by atoms with Gasteiger partial charge in [0.1, 0.15) is 0 Å². The zero-order valence-electron chi connectivity index (χ0n) is 14.2. The lowest BCUT2D eigenvalue weighted by atomic mass is 9.96. The van der Waals surface area contributed by atoms with Crippen LogP contribution in [0.5, 0.6) is 0 Å². The fraction of sp³-hybridized carbons (Fsp3) is 0.316. The van der Waals surface area contributed by atoms with Gasteiger partial charge in [0.25, 0.3) is 5.69 Å². The minimum atomic E-state index is -0.492. The van der Waals surface area contributed by atoms with Gasteiger partial charge in [-0.25, -0.2) is 0 Å². The SMILES string of the molecule is CC1CCN(c2ccc([N+](=O)[O-])cc2C(=O)c2ccc(Cl)c(Cl)c2)CC1. The maximum atomic E-state index is 13.1. The molecule has 2 aromatic carbocycles. The molecule has 0 aliphatic carbocycles. The van der Waals surface area contributed by atoms with Crippen molar-refractivity contribution in [3.8, 4) is 0 Å². The van der Waals surface area contributed by atoms with Gasteiger partial charge in [0.05, 0.1) is 20.5 Å². The van der Waals surface area contributed by atoms with Crippen LogP contribution in [-0.4, -0.2) is 23.8 Å². The van der Waals surface area contributed by atoms with Crippen LogP contribution in [0, 0.1) is 16.0 Å². The van der Waals surface area contributed by atoms with E-state index in [9.17, 15) is 14.9 Å². The van der Waals surface area contributed by atoms with Gasteiger partial charge in [0.15, 0.2) is 5.78 Å². The maximum Gasteiger partial charge on any atom is 0.270 e. The van der Waals surface area contributed by atoms with Gasteiger partial charge in [0.2, 0.25) is 0 Å². The molecule has 5 nitrogen and oxygen atoms in total. The van der Waals surface area contributed by atoms with E-state index in [0.717, 1.165) is 31.6 Å². The number of carbonyl (C=O) groups is 1. The summed E-state index contributed by atoms with van der Waals surface area (Å²) in [5, 5.41) is 11.8. The van der Waals surface area contributed by atoms with Crippen molar-refractivity contribution in [3.05, 3.63) is 67.7 Å². The van der Waals surface area contributed by atoms with Crippen molar-refractivity contribution in [3.63, 3.8) is 0 Å². The van der Waals surface area contributed by atoms with Gasteiger partial charge in [-0.3, -0.25) is 14.9 Å². The molecular weight excluding hydrogens is 375 g/mol. The number of nitro groups is 1. The molecule has 1 heterocycles. The Morgan fingerprint density at radius 3 is 2.42 bits per heavy atom. The highest BCUT2D eigenvalue weighted by Crippen LogP contribution is 2.32. The number of nitro benzene ring substituents is 1. The number of carbonyl (C=O) groups excluding carboxylic acids is 1. The Morgan fingerprint density at radius 1 is 1.12 bits per heavy atom. The van der Waals surface area contributed by atoms with Gasteiger partial charge < -0.3 is 4.90 Å². The van der Waals surface area contributed by atoms with Gasteiger partial charge in [-0.1, -0.05) is 30.1 Å². The fourth-order valence-electron chi connectivity index (χ4n) is 3.14. The standard InChI is InChI=1S/C19H18Cl2N2O3/c1-12-6-8-22(9-7-12)18-5-3-14(23(25)26)11-15(18)19(24)13-2-4-16(20)17(21)10-13/h2-5,10-12H,6-9H2,1H3. The van der Waals surface area contributed by atoms with Gasteiger partial charge in [-0.2, -0.15) is 0 Å². The summed E-state index contributed by atoms with van der Waals surface area (Å²) >= 11 is 12.0. The van der Waals surface area contributed by atoms with Crippen LogP contribution in [0.4, 0.5) is 11.4 Å². The molecule has 0 aromatic heterocycles. The number of hydrogen-bond acceptors (Lipinski definition) is 4. The topological polar surface area (TPSA) is 63.4 Å². The van der Waals surface area contributed by atoms with E-state index in [1.54, 1.807) is 18.2 Å². The molecule has 1 saturated heterocycles. The van der Waals surface area contributed by atoms with E-state index in [-0.39, 0.29) is 16.5 Å². The summed E-state index contributed by atoms with van der Waals surface area (Å²) < 4.78 is 0. The van der Waals surface area contributed by atoms with Crippen LogP contribution in [0.15, 0.2) is 36.4 Å². The van der Waals surface area contributed by atoms with Crippen molar-refractivity contribution in [1.82, 2.24) is 0 Å². The van der Waals surface area contributed by atoms with Gasteiger partial charge in [-0.15, -0.1) is 0 Å². The molecule has 0 saturated carbocycles. The summed E-state index contributed by atoms with van der Waals surface area (Å²) in [6.07, 6.45) is 2.05. The summed E-state index contributed by atoms with van der Waals surface area (Å²) in [6, 6.07) is 9.08. The highest BCUT2D eigenvalue weighted by Gasteiger charge is 2.24. The van der Waals surface area contributed by atoms with Crippen molar-refractivity contribution in [2.75, 3.05) is 18.0 Å². The summed E-state index contributed by atoms with van der Waals surface area (Å²) in [5.74, 6) is 0.333. The molecule has 0 spiro atoms. The van der Waals surface area contributed by atoms with Crippen LogP contribution >= 0.6 is 23.2 Å². The zero-order chi connectivity index (χ0) is 18.8. The highest BCUT2D eigenvalue weighted by atomic mass is 35.5. The molecule has 0 radical (unpaired) electrons. The van der Waals surface area contributed by atoms with Gasteiger partial charge >= 0.3 is 0 Å². The molecule has 1 fully saturated rings. The van der Waals surface area contributed by atoms with Crippen molar-refractivity contribution < 1.29 is 9.72 Å². The van der Waals surface area contributed by atoms with E-state index in [0.29, 0.717) is 22.1 Å². The lowest BCUT2D eigenvalue weighted by molar-refractivity contribution is -0.384. The van der Waals surface area contributed by atoms with E-state index in [1.165, 1.54) is 18.2 Å². The molecule has 0 bridgehead atoms. The molecule has 0 atom stereocenters. The summed E-state index contributed by atoms with van der Waals surface area (Å²) in [5.41, 5.74) is 1.28. The van der Waals surface area contributed by atoms with Gasteiger partial charge in [-0.05, 0) is 43.0 Å². The van der Waals surface area contributed by atoms with Crippen molar-refractivity contribution in [1.29, 1.82) is 0 Å². The number of piperidine rings is 1. The number of anilines is 1. The molecule has 1 aliphatic rings. The first-order valence-corrected chi connectivity index (χ1v) is 9.15. The quantitative estimate of drug-likeness (QED) is 0.398. The maximum absolute atomic E-state index is 13.1. The summed E-state index contributed by atoms with van der Waals surface area (Å²) in [6.45, 7) is 3.84. The predicted molar refractivity (Wildman–Crippen MR) is 104 cm³/mol. The number of benzene rings is 2. The predicted octanol–water partition coefficient (Wildman–Crippen LogP) is 5.37. The van der Waals surface area contributed by atoms with E-state index < -0.39 is 4.92 Å². The Kier molecular flexibility index (Phi) is 5.49. The normalized spacial score (nSPS) is 15.1. The third kappa shape index (κ3) is 3.84. The minimum absolute atomic E-state index is 0.109. The fourth-order valence-corrected chi connectivity index (χ4v) is 3.44. The Hall–Kier alpha value is -2.11. The third-order valence-electron chi connectivity index (χ3n) is 4.74. The van der Waals surface area contributed by atoms with Crippen LogP contribution < -0.4 is 4.90 Å². The van der Waals surface area contributed by atoms with Crippen LogP contribution in [0.1, 0.15) is 35.7 Å². The van der Waals surface area contributed by atoms with E-state index >= 15 is 0 Å². The number of halogens is 2. The molecule has 0 amide bonds. The minimum Gasteiger partial charge on any atom is -0.371 e. The first-order valence-electron chi connectivity index (χ1n) is 8.40. The Balaban J connectivity index is 2.04. The molecular formula is C19H18Cl2N2O3. The first-order chi connectivity index (χ1) is 12.4. The number of rotatable bonds is 4. The number of ketones is 1. The second-order valence-corrected chi connectivity index (χ2v) is 7.40. The lowest BCUT2D eigenvalue weighted by Crippen LogP contribution is -2.33. The second-order valence-electron chi connectivity index (χ2n) is 6.59. The van der Waals surface area contributed by atoms with Crippen LogP contribution in [0.2, 0.25) is 10.0 Å². The molecule has 7 heteroatoms. The third-order valence-corrected chi connectivity index (χ3v) is 5.48. The molecule has 2 aromatic rings. The Labute approximate surface area is 161 Å². The molecule has 136 valence electrons. The monoisotopic (exact) mass is 392 g/mol. The smallest absolute Gasteiger partial charge is 0.270 e. The zero-order valence-corrected chi connectivity index (χ0v) is 15.8. The Morgan fingerprint density at radius 2 is 1.81 bits per heavy atom. The Bertz CT molecular complexity index is 862. The molecule has 0 unspecified atom stereocenters. The van der Waals surface area contributed by atoms with Crippen molar-refractivity contribution in [2.45, 2.75) is 19.8 Å². The van der Waals surface area contributed by atoms with E-state index in [4.69, 9.17) is 23.2 Å². The summed E-state index contributed by atoms with van der Waals surface area (Å²) in [7, 11) is 0. The molecule has 0 N–H and O–H groups in total. The number of nitrogens with zero attached hydrogens (tertiary/aromatic N) is 2. The molecule has 3 rings (SSSR count). The van der Waals surface area contributed by atoms with E-state index in [2.05, 4.69) is 11.8 Å². The number of non-ortho nitro benzene ring substituents is 1. The van der Waals surface area contributed by atoms with Crippen molar-refractivity contribution >= 4 is 40.4 Å². The average molecular weight is 393 g/mol. The average Bonchev–Trinajstić information content (AvgIpc) is 2.63. The van der Waals surface area contributed by atoms with Crippen molar-refractivity contribution in [2.24, 2.45) is 5.92 Å². The van der Waals surface area contributed by atoms with Crippen LogP contribution in [0.25, 0.3) is 0 Å².